The second kappa shape index (κ2) is 6.54. The molecule has 0 radical (unpaired) electrons. The Labute approximate surface area is 150 Å². The molecule has 1 N–H and O–H groups in total. The van der Waals surface area contributed by atoms with Gasteiger partial charge in [0.05, 0.1) is 21.7 Å². The Kier molecular flexibility index (Phi) is 4.61. The first kappa shape index (κ1) is 16.9. The van der Waals surface area contributed by atoms with Gasteiger partial charge in [-0.05, 0) is 56.0 Å². The molecule has 1 heterocycles. The molecule has 0 spiro atoms. The standard InChI is InChI=1S/C19H19ClN2OS/c1-10-7-12(3)14(13(4)8-10)9-16(23)21-19-22-17-11(2)5-6-15(20)18(17)24-19/h5-8H,9H2,1-4H3,(H,21,22,23). The number of hydrogen-bond donors (Lipinski definition) is 1. The largest absolute Gasteiger partial charge is 0.302 e. The SMILES string of the molecule is Cc1cc(C)c(CC(=O)Nc2nc3c(C)ccc(Cl)c3s2)c(C)c1. The van der Waals surface area contributed by atoms with Crippen LogP contribution in [-0.2, 0) is 11.2 Å². The van der Waals surface area contributed by atoms with E-state index in [-0.39, 0.29) is 5.91 Å². The number of nitrogens with one attached hydrogen (secondary N) is 1. The zero-order valence-corrected chi connectivity index (χ0v) is 15.7. The lowest BCUT2D eigenvalue weighted by atomic mass is 9.97. The number of aryl methyl sites for hydroxylation is 4. The molecule has 0 bridgehead atoms. The van der Waals surface area contributed by atoms with Gasteiger partial charge in [-0.25, -0.2) is 4.98 Å². The molecular formula is C19H19ClN2OS. The van der Waals surface area contributed by atoms with Crippen LogP contribution in [0.5, 0.6) is 0 Å². The zero-order valence-electron chi connectivity index (χ0n) is 14.2. The van der Waals surface area contributed by atoms with Gasteiger partial charge in [0.15, 0.2) is 5.13 Å². The number of halogens is 1. The lowest BCUT2D eigenvalue weighted by Crippen LogP contribution is -2.15. The van der Waals surface area contributed by atoms with E-state index in [1.807, 2.05) is 32.9 Å². The van der Waals surface area contributed by atoms with Crippen molar-refractivity contribution in [2.24, 2.45) is 0 Å². The van der Waals surface area contributed by atoms with Gasteiger partial charge in [0.25, 0.3) is 0 Å². The number of amides is 1. The third kappa shape index (κ3) is 3.30. The predicted molar refractivity (Wildman–Crippen MR) is 102 cm³/mol. The zero-order chi connectivity index (χ0) is 17.4. The van der Waals surface area contributed by atoms with Crippen LogP contribution in [0.25, 0.3) is 10.2 Å². The molecule has 2 aromatic carbocycles. The van der Waals surface area contributed by atoms with Crippen LogP contribution < -0.4 is 5.32 Å². The molecule has 0 saturated carbocycles. The average molecular weight is 359 g/mol. The van der Waals surface area contributed by atoms with Crippen molar-refractivity contribution in [1.82, 2.24) is 4.98 Å². The van der Waals surface area contributed by atoms with Crippen LogP contribution in [0.4, 0.5) is 5.13 Å². The molecule has 1 aromatic heterocycles. The van der Waals surface area contributed by atoms with Crippen LogP contribution in [0.3, 0.4) is 0 Å². The highest BCUT2D eigenvalue weighted by atomic mass is 35.5. The van der Waals surface area contributed by atoms with Crippen LogP contribution >= 0.6 is 22.9 Å². The number of thiazole rings is 1. The summed E-state index contributed by atoms with van der Waals surface area (Å²) in [6.07, 6.45) is 0.348. The number of anilines is 1. The Morgan fingerprint density at radius 3 is 2.42 bits per heavy atom. The number of carbonyl (C=O) groups excluding carboxylic acids is 1. The molecule has 3 nitrogen and oxygen atoms in total. The van der Waals surface area contributed by atoms with Gasteiger partial charge < -0.3 is 5.32 Å². The van der Waals surface area contributed by atoms with Crippen LogP contribution in [0.2, 0.25) is 5.02 Å². The fourth-order valence-electron chi connectivity index (χ4n) is 2.97. The summed E-state index contributed by atoms with van der Waals surface area (Å²) in [5.41, 5.74) is 6.48. The molecule has 0 saturated heterocycles. The minimum absolute atomic E-state index is 0.0575. The molecule has 0 fully saturated rings. The highest BCUT2D eigenvalue weighted by Gasteiger charge is 2.14. The second-order valence-corrected chi connectivity index (χ2v) is 7.57. The lowest BCUT2D eigenvalue weighted by molar-refractivity contribution is -0.115. The number of aromatic nitrogens is 1. The lowest BCUT2D eigenvalue weighted by Gasteiger charge is -2.10. The number of rotatable bonds is 3. The van der Waals surface area contributed by atoms with Crippen molar-refractivity contribution in [2.75, 3.05) is 5.32 Å². The van der Waals surface area contributed by atoms with Gasteiger partial charge >= 0.3 is 0 Å². The Bertz CT molecular complexity index is 884. The molecule has 3 rings (SSSR count). The summed E-state index contributed by atoms with van der Waals surface area (Å²) in [5.74, 6) is -0.0575. The minimum atomic E-state index is -0.0575. The molecule has 1 amide bonds. The maximum atomic E-state index is 12.4. The van der Waals surface area contributed by atoms with E-state index in [9.17, 15) is 4.79 Å². The monoisotopic (exact) mass is 358 g/mol. The molecule has 124 valence electrons. The number of benzene rings is 2. The van der Waals surface area contributed by atoms with Gasteiger partial charge in [0, 0.05) is 0 Å². The molecule has 0 aliphatic rings. The molecule has 0 atom stereocenters. The Balaban J connectivity index is 1.83. The summed E-state index contributed by atoms with van der Waals surface area (Å²) in [7, 11) is 0. The van der Waals surface area contributed by atoms with Gasteiger partial charge in [-0.15, -0.1) is 0 Å². The number of carbonyl (C=O) groups is 1. The predicted octanol–water partition coefficient (Wildman–Crippen LogP) is 5.36. The van der Waals surface area contributed by atoms with Gasteiger partial charge in [0.1, 0.15) is 0 Å². The van der Waals surface area contributed by atoms with Crippen molar-refractivity contribution >= 4 is 44.2 Å². The smallest absolute Gasteiger partial charge is 0.230 e. The maximum absolute atomic E-state index is 12.4. The van der Waals surface area contributed by atoms with Gasteiger partial charge in [-0.1, -0.05) is 46.7 Å². The fraction of sp³-hybridized carbons (Fsp3) is 0.263. The van der Waals surface area contributed by atoms with E-state index in [1.54, 1.807) is 0 Å². The summed E-state index contributed by atoms with van der Waals surface area (Å²) in [4.78, 5) is 17.0. The highest BCUT2D eigenvalue weighted by molar-refractivity contribution is 7.23. The van der Waals surface area contributed by atoms with Crippen molar-refractivity contribution in [3.8, 4) is 0 Å². The minimum Gasteiger partial charge on any atom is -0.302 e. The highest BCUT2D eigenvalue weighted by Crippen LogP contribution is 2.33. The van der Waals surface area contributed by atoms with Gasteiger partial charge in [-0.2, -0.15) is 0 Å². The van der Waals surface area contributed by atoms with E-state index >= 15 is 0 Å². The fourth-order valence-corrected chi connectivity index (χ4v) is 4.20. The average Bonchev–Trinajstić information content (AvgIpc) is 2.92. The molecule has 3 aromatic rings. The van der Waals surface area contributed by atoms with Gasteiger partial charge in [0.2, 0.25) is 5.91 Å². The summed E-state index contributed by atoms with van der Waals surface area (Å²) in [6.45, 7) is 8.15. The number of nitrogens with zero attached hydrogens (tertiary/aromatic N) is 1. The maximum Gasteiger partial charge on any atom is 0.230 e. The Hall–Kier alpha value is -1.91. The molecular weight excluding hydrogens is 340 g/mol. The van der Waals surface area contributed by atoms with Crippen molar-refractivity contribution < 1.29 is 4.79 Å². The Morgan fingerprint density at radius 1 is 1.12 bits per heavy atom. The van der Waals surface area contributed by atoms with E-state index in [0.717, 1.165) is 32.5 Å². The first-order valence-electron chi connectivity index (χ1n) is 7.77. The summed E-state index contributed by atoms with van der Waals surface area (Å²) < 4.78 is 0.912. The quantitative estimate of drug-likeness (QED) is 0.684. The number of hydrogen-bond acceptors (Lipinski definition) is 3. The van der Waals surface area contributed by atoms with Crippen molar-refractivity contribution in [2.45, 2.75) is 34.1 Å². The van der Waals surface area contributed by atoms with Crippen LogP contribution in [0, 0.1) is 27.7 Å². The Morgan fingerprint density at radius 2 is 1.79 bits per heavy atom. The van der Waals surface area contributed by atoms with Crippen LogP contribution in [-0.4, -0.2) is 10.9 Å². The second-order valence-electron chi connectivity index (χ2n) is 6.16. The van der Waals surface area contributed by atoms with E-state index < -0.39 is 0 Å². The van der Waals surface area contributed by atoms with E-state index in [0.29, 0.717) is 16.6 Å². The normalized spacial score (nSPS) is 11.0. The molecule has 0 aliphatic carbocycles. The first-order chi connectivity index (χ1) is 11.3. The molecule has 0 unspecified atom stereocenters. The van der Waals surface area contributed by atoms with Crippen molar-refractivity contribution in [3.05, 3.63) is 57.1 Å². The third-order valence-corrected chi connectivity index (χ3v) is 5.55. The van der Waals surface area contributed by atoms with E-state index in [1.165, 1.54) is 16.9 Å². The first-order valence-corrected chi connectivity index (χ1v) is 8.97. The summed E-state index contributed by atoms with van der Waals surface area (Å²) in [5, 5.41) is 4.17. The topological polar surface area (TPSA) is 42.0 Å². The molecule has 0 aliphatic heterocycles. The van der Waals surface area contributed by atoms with Crippen LogP contribution in [0.1, 0.15) is 27.8 Å². The third-order valence-electron chi connectivity index (χ3n) is 4.12. The van der Waals surface area contributed by atoms with Crippen molar-refractivity contribution in [3.63, 3.8) is 0 Å². The van der Waals surface area contributed by atoms with Gasteiger partial charge in [-0.3, -0.25) is 4.79 Å². The van der Waals surface area contributed by atoms with E-state index in [2.05, 4.69) is 29.4 Å². The number of fused-ring (bicyclic) bond motifs is 1. The molecule has 24 heavy (non-hydrogen) atoms. The van der Waals surface area contributed by atoms with Crippen molar-refractivity contribution in [1.29, 1.82) is 0 Å². The van der Waals surface area contributed by atoms with E-state index in [4.69, 9.17) is 11.6 Å². The molecule has 5 heteroatoms. The van der Waals surface area contributed by atoms with Crippen LogP contribution in [0.15, 0.2) is 24.3 Å². The summed E-state index contributed by atoms with van der Waals surface area (Å²) in [6, 6.07) is 8.02. The summed E-state index contributed by atoms with van der Waals surface area (Å²) >= 11 is 7.64.